The van der Waals surface area contributed by atoms with Crippen molar-refractivity contribution in [2.45, 2.75) is 20.8 Å². The molecule has 3 nitrogen and oxygen atoms in total. The molecule has 1 saturated heterocycles. The summed E-state index contributed by atoms with van der Waals surface area (Å²) in [5, 5.41) is 2.99. The van der Waals surface area contributed by atoms with Crippen molar-refractivity contribution in [1.82, 2.24) is 4.90 Å². The largest absolute Gasteiger partial charge is 0.322 e. The highest BCUT2D eigenvalue weighted by Gasteiger charge is 2.18. The second-order valence-corrected chi connectivity index (χ2v) is 5.56. The highest BCUT2D eigenvalue weighted by atomic mass is 32.2. The maximum atomic E-state index is 12.0. The zero-order valence-electron chi connectivity index (χ0n) is 10.5. The Bertz CT molecular complexity index is 439. The zero-order chi connectivity index (χ0) is 12.4. The Hall–Kier alpha value is -1.16. The fourth-order valence-corrected chi connectivity index (χ4v) is 2.81. The number of benzene rings is 1. The molecule has 1 aromatic carbocycles. The highest BCUT2D eigenvalue weighted by molar-refractivity contribution is 7.99. The van der Waals surface area contributed by atoms with E-state index in [1.54, 1.807) is 11.8 Å². The maximum absolute atomic E-state index is 12.0. The monoisotopic (exact) mass is 250 g/mol. The topological polar surface area (TPSA) is 32.3 Å². The molecular weight excluding hydrogens is 232 g/mol. The Balaban J connectivity index is 2.12. The van der Waals surface area contributed by atoms with E-state index in [1.807, 2.05) is 17.9 Å². The molecule has 1 heterocycles. The van der Waals surface area contributed by atoms with Gasteiger partial charge in [-0.3, -0.25) is 0 Å². The van der Waals surface area contributed by atoms with E-state index in [2.05, 4.69) is 25.2 Å². The predicted octanol–water partition coefficient (Wildman–Crippen LogP) is 3.15. The third-order valence-corrected chi connectivity index (χ3v) is 4.09. The lowest BCUT2D eigenvalue weighted by Gasteiger charge is -2.17. The van der Waals surface area contributed by atoms with E-state index in [1.165, 1.54) is 11.1 Å². The van der Waals surface area contributed by atoms with Crippen molar-refractivity contribution in [3.05, 3.63) is 28.8 Å². The van der Waals surface area contributed by atoms with Crippen molar-refractivity contribution in [1.29, 1.82) is 0 Å². The zero-order valence-corrected chi connectivity index (χ0v) is 11.4. The average Bonchev–Trinajstić information content (AvgIpc) is 2.79. The second-order valence-electron chi connectivity index (χ2n) is 4.48. The number of amides is 2. The van der Waals surface area contributed by atoms with Gasteiger partial charge in [0.15, 0.2) is 0 Å². The van der Waals surface area contributed by atoms with Gasteiger partial charge in [0, 0.05) is 18.0 Å². The average molecular weight is 250 g/mol. The summed E-state index contributed by atoms with van der Waals surface area (Å²) < 4.78 is 0. The van der Waals surface area contributed by atoms with Gasteiger partial charge >= 0.3 is 6.03 Å². The number of nitrogens with zero attached hydrogens (tertiary/aromatic N) is 1. The lowest BCUT2D eigenvalue weighted by molar-refractivity contribution is 0.225. The summed E-state index contributed by atoms with van der Waals surface area (Å²) in [5.41, 5.74) is 4.52. The molecule has 0 spiro atoms. The first-order valence-electron chi connectivity index (χ1n) is 5.79. The maximum Gasteiger partial charge on any atom is 0.322 e. The summed E-state index contributed by atoms with van der Waals surface area (Å²) in [5.74, 6) is 1.84. The van der Waals surface area contributed by atoms with Crippen molar-refractivity contribution >= 4 is 23.5 Å². The van der Waals surface area contributed by atoms with Crippen LogP contribution in [0.25, 0.3) is 0 Å². The minimum Gasteiger partial charge on any atom is -0.314 e. The Morgan fingerprint density at radius 1 is 1.24 bits per heavy atom. The molecule has 1 aromatic rings. The number of hydrogen-bond acceptors (Lipinski definition) is 2. The van der Waals surface area contributed by atoms with Crippen molar-refractivity contribution in [2.75, 3.05) is 23.5 Å². The van der Waals surface area contributed by atoms with Gasteiger partial charge in [-0.25, -0.2) is 4.79 Å². The Morgan fingerprint density at radius 3 is 2.59 bits per heavy atom. The number of nitrogens with one attached hydrogen (secondary N) is 1. The summed E-state index contributed by atoms with van der Waals surface area (Å²) in [7, 11) is 0. The number of anilines is 1. The lowest BCUT2D eigenvalue weighted by Crippen LogP contribution is -2.32. The number of aryl methyl sites for hydroxylation is 3. The van der Waals surface area contributed by atoms with Crippen molar-refractivity contribution in [3.8, 4) is 0 Å². The summed E-state index contributed by atoms with van der Waals surface area (Å²) >= 11 is 1.80. The van der Waals surface area contributed by atoms with E-state index in [0.717, 1.165) is 29.4 Å². The second kappa shape index (κ2) is 5.00. The summed E-state index contributed by atoms with van der Waals surface area (Å²) in [6, 6.07) is 4.18. The number of carbonyl (C=O) groups is 1. The van der Waals surface area contributed by atoms with Crippen LogP contribution in [0.5, 0.6) is 0 Å². The lowest BCUT2D eigenvalue weighted by atomic mass is 10.1. The molecule has 1 aliphatic heterocycles. The molecule has 1 N–H and O–H groups in total. The van der Waals surface area contributed by atoms with E-state index in [0.29, 0.717) is 0 Å². The van der Waals surface area contributed by atoms with Crippen LogP contribution in [-0.4, -0.2) is 29.1 Å². The SMILES string of the molecule is Cc1cc(C)c(NC(=O)N2CCSC2)cc1C. The first kappa shape index (κ1) is 12.3. The van der Waals surface area contributed by atoms with Gasteiger partial charge in [-0.2, -0.15) is 0 Å². The van der Waals surface area contributed by atoms with Crippen LogP contribution in [0.3, 0.4) is 0 Å². The molecule has 0 unspecified atom stereocenters. The molecule has 0 radical (unpaired) electrons. The summed E-state index contributed by atoms with van der Waals surface area (Å²) in [6.45, 7) is 7.03. The quantitative estimate of drug-likeness (QED) is 0.830. The van der Waals surface area contributed by atoms with Gasteiger partial charge in [-0.05, 0) is 43.5 Å². The van der Waals surface area contributed by atoms with Crippen LogP contribution in [0.15, 0.2) is 12.1 Å². The highest BCUT2D eigenvalue weighted by Crippen LogP contribution is 2.21. The standard InChI is InChI=1S/C13H18N2OS/c1-9-6-11(3)12(7-10(9)2)14-13(16)15-4-5-17-8-15/h6-7H,4-5,8H2,1-3H3,(H,14,16). The predicted molar refractivity (Wildman–Crippen MR) is 73.7 cm³/mol. The van der Waals surface area contributed by atoms with E-state index < -0.39 is 0 Å². The van der Waals surface area contributed by atoms with Crippen LogP contribution in [0.4, 0.5) is 10.5 Å². The van der Waals surface area contributed by atoms with Gasteiger partial charge < -0.3 is 10.2 Å². The number of thioether (sulfide) groups is 1. The smallest absolute Gasteiger partial charge is 0.314 e. The van der Waals surface area contributed by atoms with Crippen LogP contribution >= 0.6 is 11.8 Å². The first-order valence-corrected chi connectivity index (χ1v) is 6.95. The van der Waals surface area contributed by atoms with Gasteiger partial charge in [-0.15, -0.1) is 11.8 Å². The summed E-state index contributed by atoms with van der Waals surface area (Å²) in [6.07, 6.45) is 0. The first-order chi connectivity index (χ1) is 8.08. The third-order valence-electron chi connectivity index (χ3n) is 3.12. The molecule has 1 fully saturated rings. The van der Waals surface area contributed by atoms with Gasteiger partial charge in [0.25, 0.3) is 0 Å². The molecule has 92 valence electrons. The minimum atomic E-state index is 0.0151. The number of rotatable bonds is 1. The molecule has 4 heteroatoms. The molecule has 17 heavy (non-hydrogen) atoms. The van der Waals surface area contributed by atoms with Crippen LogP contribution in [-0.2, 0) is 0 Å². The Kier molecular flexibility index (Phi) is 3.62. The van der Waals surface area contributed by atoms with Crippen molar-refractivity contribution in [2.24, 2.45) is 0 Å². The van der Waals surface area contributed by atoms with E-state index in [-0.39, 0.29) is 6.03 Å². The van der Waals surface area contributed by atoms with Crippen LogP contribution in [0, 0.1) is 20.8 Å². The van der Waals surface area contributed by atoms with Crippen molar-refractivity contribution < 1.29 is 4.79 Å². The van der Waals surface area contributed by atoms with E-state index in [9.17, 15) is 4.79 Å². The molecule has 1 aliphatic rings. The van der Waals surface area contributed by atoms with Gasteiger partial charge in [0.05, 0.1) is 5.88 Å². The molecule has 0 saturated carbocycles. The van der Waals surface area contributed by atoms with Gasteiger partial charge in [0.2, 0.25) is 0 Å². The summed E-state index contributed by atoms with van der Waals surface area (Å²) in [4.78, 5) is 13.8. The number of urea groups is 1. The molecule has 0 bridgehead atoms. The van der Waals surface area contributed by atoms with Gasteiger partial charge in [-0.1, -0.05) is 6.07 Å². The molecule has 2 amide bonds. The van der Waals surface area contributed by atoms with Crippen LogP contribution in [0.1, 0.15) is 16.7 Å². The van der Waals surface area contributed by atoms with Crippen molar-refractivity contribution in [3.63, 3.8) is 0 Å². The molecule has 0 aromatic heterocycles. The van der Waals surface area contributed by atoms with Crippen LogP contribution in [0.2, 0.25) is 0 Å². The third kappa shape index (κ3) is 2.75. The minimum absolute atomic E-state index is 0.0151. The van der Waals surface area contributed by atoms with E-state index >= 15 is 0 Å². The number of carbonyl (C=O) groups excluding carboxylic acids is 1. The Morgan fingerprint density at radius 2 is 1.94 bits per heavy atom. The fourth-order valence-electron chi connectivity index (χ4n) is 1.86. The number of hydrogen-bond donors (Lipinski definition) is 1. The molecule has 0 atom stereocenters. The molecule has 0 aliphatic carbocycles. The van der Waals surface area contributed by atoms with Gasteiger partial charge in [0.1, 0.15) is 0 Å². The molecule has 2 rings (SSSR count). The Labute approximate surface area is 107 Å². The fraction of sp³-hybridized carbons (Fsp3) is 0.462. The van der Waals surface area contributed by atoms with E-state index in [4.69, 9.17) is 0 Å². The molecular formula is C13H18N2OS. The van der Waals surface area contributed by atoms with Crippen LogP contribution < -0.4 is 5.32 Å². The normalized spacial score (nSPS) is 15.1.